The van der Waals surface area contributed by atoms with Crippen LogP contribution in [0.2, 0.25) is 12.1 Å². The van der Waals surface area contributed by atoms with E-state index in [4.69, 9.17) is 4.74 Å². The molecule has 0 spiro atoms. The molecule has 0 radical (unpaired) electrons. The Kier molecular flexibility index (Phi) is 7.38. The Morgan fingerprint density at radius 2 is 1.32 bits per heavy atom. The number of para-hydroxylation sites is 1. The molecule has 1 aliphatic carbocycles. The van der Waals surface area contributed by atoms with Gasteiger partial charge in [0.1, 0.15) is 20.4 Å². The Hall–Kier alpha value is -2.58. The standard InChI is InChI=1S/C35H46OSi/c1-11-21-36-32-24(4)15-14-16-31(32)37(12-2,13-3)33-29-22-25(34(5,6)7)17-19-27(29)28-20-18-26(23-30(28)33)35(8,9)10/h11,14-20,22-23,33H,1,12-13,21H2,2-10H3. The third kappa shape index (κ3) is 4.74. The average molecular weight is 511 g/mol. The van der Waals surface area contributed by atoms with E-state index in [0.717, 1.165) is 5.75 Å². The van der Waals surface area contributed by atoms with Crippen molar-refractivity contribution in [2.75, 3.05) is 6.61 Å². The Bertz CT molecular complexity index is 1230. The Labute approximate surface area is 227 Å². The van der Waals surface area contributed by atoms with Gasteiger partial charge in [-0.05, 0) is 61.9 Å². The highest BCUT2D eigenvalue weighted by molar-refractivity contribution is 6.94. The second-order valence-electron chi connectivity index (χ2n) is 13.0. The van der Waals surface area contributed by atoms with Gasteiger partial charge in [-0.2, -0.15) is 0 Å². The molecule has 0 aromatic heterocycles. The summed E-state index contributed by atoms with van der Waals surface area (Å²) >= 11 is 0. The quantitative estimate of drug-likeness (QED) is 0.227. The van der Waals surface area contributed by atoms with Gasteiger partial charge in [0.25, 0.3) is 0 Å². The molecule has 1 aliphatic rings. The van der Waals surface area contributed by atoms with Gasteiger partial charge in [-0.1, -0.05) is 135 Å². The molecule has 0 aliphatic heterocycles. The smallest absolute Gasteiger partial charge is 0.121 e. The minimum Gasteiger partial charge on any atom is -0.489 e. The van der Waals surface area contributed by atoms with Crippen molar-refractivity contribution >= 4 is 13.3 Å². The van der Waals surface area contributed by atoms with E-state index in [1.807, 2.05) is 6.08 Å². The molecule has 37 heavy (non-hydrogen) atoms. The highest BCUT2D eigenvalue weighted by Gasteiger charge is 2.48. The summed E-state index contributed by atoms with van der Waals surface area (Å²) < 4.78 is 6.43. The molecule has 0 fully saturated rings. The zero-order valence-electron chi connectivity index (χ0n) is 24.6. The topological polar surface area (TPSA) is 9.23 Å². The van der Waals surface area contributed by atoms with Gasteiger partial charge in [-0.3, -0.25) is 0 Å². The van der Waals surface area contributed by atoms with Gasteiger partial charge in [0.15, 0.2) is 0 Å². The third-order valence-electron chi connectivity index (χ3n) is 8.66. The van der Waals surface area contributed by atoms with Crippen molar-refractivity contribution in [3.8, 4) is 16.9 Å². The van der Waals surface area contributed by atoms with Gasteiger partial charge in [0.05, 0.1) is 0 Å². The normalized spacial score (nSPS) is 13.9. The van der Waals surface area contributed by atoms with Crippen LogP contribution in [0.25, 0.3) is 11.1 Å². The highest BCUT2D eigenvalue weighted by atomic mass is 28.3. The average Bonchev–Trinajstić information content (AvgIpc) is 3.17. The largest absolute Gasteiger partial charge is 0.489 e. The van der Waals surface area contributed by atoms with Crippen LogP contribution in [0.15, 0.2) is 67.3 Å². The molecule has 0 amide bonds. The van der Waals surface area contributed by atoms with E-state index in [-0.39, 0.29) is 10.8 Å². The molecule has 1 nitrogen and oxygen atoms in total. The van der Waals surface area contributed by atoms with Crippen LogP contribution in [-0.2, 0) is 10.8 Å². The van der Waals surface area contributed by atoms with Crippen LogP contribution in [0.3, 0.4) is 0 Å². The summed E-state index contributed by atoms with van der Waals surface area (Å²) in [5.74, 6) is 1.09. The van der Waals surface area contributed by atoms with E-state index in [1.165, 1.54) is 56.2 Å². The molecule has 0 N–H and O–H groups in total. The van der Waals surface area contributed by atoms with Crippen LogP contribution < -0.4 is 9.92 Å². The molecule has 3 aromatic rings. The molecule has 0 bridgehead atoms. The van der Waals surface area contributed by atoms with E-state index in [0.29, 0.717) is 12.1 Å². The molecule has 2 heteroatoms. The lowest BCUT2D eigenvalue weighted by molar-refractivity contribution is 0.363. The molecular formula is C35H46OSi. The fourth-order valence-corrected chi connectivity index (χ4v) is 11.6. The van der Waals surface area contributed by atoms with E-state index < -0.39 is 8.07 Å². The van der Waals surface area contributed by atoms with Crippen molar-refractivity contribution in [3.63, 3.8) is 0 Å². The summed E-state index contributed by atoms with van der Waals surface area (Å²) in [5, 5.41) is 1.46. The van der Waals surface area contributed by atoms with Crippen molar-refractivity contribution in [1.82, 2.24) is 0 Å². The van der Waals surface area contributed by atoms with Crippen LogP contribution in [0, 0.1) is 6.92 Å². The minimum atomic E-state index is -2.14. The van der Waals surface area contributed by atoms with Gasteiger partial charge >= 0.3 is 0 Å². The van der Waals surface area contributed by atoms with Crippen LogP contribution in [-0.4, -0.2) is 14.7 Å². The summed E-state index contributed by atoms with van der Waals surface area (Å²) in [5.41, 5.74) is 10.6. The van der Waals surface area contributed by atoms with Gasteiger partial charge in [-0.15, -0.1) is 0 Å². The maximum atomic E-state index is 6.43. The summed E-state index contributed by atoms with van der Waals surface area (Å²) in [6.45, 7) is 25.5. The predicted molar refractivity (Wildman–Crippen MR) is 164 cm³/mol. The number of rotatable bonds is 7. The van der Waals surface area contributed by atoms with E-state index in [2.05, 4.69) is 123 Å². The second kappa shape index (κ2) is 9.95. The first-order valence-electron chi connectivity index (χ1n) is 14.0. The number of hydrogen-bond acceptors (Lipinski definition) is 1. The minimum absolute atomic E-state index is 0.106. The SMILES string of the molecule is C=CCOc1c(C)cccc1[Si](CC)(CC)C1c2cc(C(C)(C)C)ccc2-c2ccc(C(C)(C)C)cc21. The second-order valence-corrected chi connectivity index (χ2v) is 17.8. The molecular weight excluding hydrogens is 464 g/mol. The monoisotopic (exact) mass is 510 g/mol. The molecule has 196 valence electrons. The number of aryl methyl sites for hydroxylation is 1. The highest BCUT2D eigenvalue weighted by Crippen LogP contribution is 2.53. The predicted octanol–water partition coefficient (Wildman–Crippen LogP) is 9.20. The molecule has 0 saturated carbocycles. The summed E-state index contributed by atoms with van der Waals surface area (Å²) in [6, 6.07) is 23.8. The maximum absolute atomic E-state index is 6.43. The van der Waals surface area contributed by atoms with Crippen molar-refractivity contribution in [3.05, 3.63) is 95.1 Å². The number of hydrogen-bond donors (Lipinski definition) is 0. The van der Waals surface area contributed by atoms with Crippen LogP contribution in [0.1, 0.15) is 88.7 Å². The fraction of sp³-hybridized carbons (Fsp3) is 0.429. The van der Waals surface area contributed by atoms with Crippen molar-refractivity contribution in [2.45, 2.75) is 90.8 Å². The van der Waals surface area contributed by atoms with Crippen LogP contribution in [0.4, 0.5) is 0 Å². The fourth-order valence-electron chi connectivity index (χ4n) is 6.36. The lowest BCUT2D eigenvalue weighted by Gasteiger charge is -2.39. The van der Waals surface area contributed by atoms with Crippen molar-refractivity contribution in [2.24, 2.45) is 0 Å². The van der Waals surface area contributed by atoms with Gasteiger partial charge in [0.2, 0.25) is 0 Å². The number of fused-ring (bicyclic) bond motifs is 3. The lowest BCUT2D eigenvalue weighted by Crippen LogP contribution is -2.53. The molecule has 4 rings (SSSR count). The molecule has 0 heterocycles. The zero-order valence-corrected chi connectivity index (χ0v) is 25.6. The first-order chi connectivity index (χ1) is 17.4. The van der Waals surface area contributed by atoms with E-state index in [9.17, 15) is 0 Å². The van der Waals surface area contributed by atoms with Gasteiger partial charge in [-0.25, -0.2) is 0 Å². The number of ether oxygens (including phenoxy) is 1. The molecule has 0 saturated heterocycles. The summed E-state index contributed by atoms with van der Waals surface area (Å²) in [7, 11) is -2.14. The molecule has 0 unspecified atom stereocenters. The van der Waals surface area contributed by atoms with Gasteiger partial charge in [0, 0.05) is 5.54 Å². The Balaban J connectivity index is 2.07. The zero-order chi connectivity index (χ0) is 27.2. The lowest BCUT2D eigenvalue weighted by atomic mass is 9.85. The number of benzene rings is 3. The maximum Gasteiger partial charge on any atom is 0.121 e. The summed E-state index contributed by atoms with van der Waals surface area (Å²) in [4.78, 5) is 0. The third-order valence-corrected chi connectivity index (χ3v) is 14.4. The Morgan fingerprint density at radius 3 is 1.76 bits per heavy atom. The summed E-state index contributed by atoms with van der Waals surface area (Å²) in [6.07, 6.45) is 1.86. The van der Waals surface area contributed by atoms with Gasteiger partial charge < -0.3 is 4.74 Å². The van der Waals surface area contributed by atoms with Crippen molar-refractivity contribution in [1.29, 1.82) is 0 Å². The first-order valence-corrected chi connectivity index (χ1v) is 16.5. The molecule has 0 atom stereocenters. The first kappa shape index (κ1) is 27.5. The van der Waals surface area contributed by atoms with Crippen LogP contribution in [0.5, 0.6) is 5.75 Å². The molecule has 3 aromatic carbocycles. The van der Waals surface area contributed by atoms with Crippen LogP contribution >= 0.6 is 0 Å². The Morgan fingerprint density at radius 1 is 0.811 bits per heavy atom. The van der Waals surface area contributed by atoms with E-state index in [1.54, 1.807) is 0 Å². The van der Waals surface area contributed by atoms with Crippen molar-refractivity contribution < 1.29 is 4.74 Å². The van der Waals surface area contributed by atoms with E-state index >= 15 is 0 Å².